The van der Waals surface area contributed by atoms with Gasteiger partial charge in [0.05, 0.1) is 11.1 Å². The van der Waals surface area contributed by atoms with E-state index in [1.54, 1.807) is 0 Å². The monoisotopic (exact) mass is 376 g/mol. The summed E-state index contributed by atoms with van der Waals surface area (Å²) in [6.45, 7) is 3.74. The molecule has 0 unspecified atom stereocenters. The highest BCUT2D eigenvalue weighted by Crippen LogP contribution is 2.30. The number of halogens is 3. The van der Waals surface area contributed by atoms with Gasteiger partial charge in [0.1, 0.15) is 10.7 Å². The molecule has 0 spiro atoms. The lowest BCUT2D eigenvalue weighted by Gasteiger charge is -2.05. The lowest BCUT2D eigenvalue weighted by atomic mass is 10.2. The van der Waals surface area contributed by atoms with Crippen LogP contribution in [0, 0.1) is 13.8 Å². The topological polar surface area (TPSA) is 102 Å². The summed E-state index contributed by atoms with van der Waals surface area (Å²) < 4.78 is 38.2. The SMILES string of the molecule is Cc1sc2nc(CSc3nnc(C(F)(F)F)n3N)[nH]c(=O)c2c1C. The summed E-state index contributed by atoms with van der Waals surface area (Å²) in [6.07, 6.45) is -4.68. The molecule has 0 bridgehead atoms. The highest BCUT2D eigenvalue weighted by atomic mass is 32.2. The number of alkyl halides is 3. The summed E-state index contributed by atoms with van der Waals surface area (Å²) in [4.78, 5) is 20.7. The summed E-state index contributed by atoms with van der Waals surface area (Å²) >= 11 is 2.29. The van der Waals surface area contributed by atoms with Crippen LogP contribution in [-0.2, 0) is 11.9 Å². The molecule has 3 rings (SSSR count). The molecule has 24 heavy (non-hydrogen) atoms. The Kier molecular flexibility index (Phi) is 4.03. The number of nitrogen functional groups attached to an aromatic ring is 1. The largest absolute Gasteiger partial charge is 0.453 e. The van der Waals surface area contributed by atoms with E-state index in [1.807, 2.05) is 13.8 Å². The molecule has 0 atom stereocenters. The van der Waals surface area contributed by atoms with Crippen LogP contribution in [0.1, 0.15) is 22.1 Å². The van der Waals surface area contributed by atoms with Crippen LogP contribution < -0.4 is 11.4 Å². The standard InChI is InChI=1S/C12H11F3N6OS2/c1-4-5(2)24-9-7(4)8(22)17-6(18-9)3-23-11-20-19-10(21(11)16)12(13,14)15/h3,16H2,1-2H3,(H,17,18,22). The summed E-state index contributed by atoms with van der Waals surface area (Å²) in [5, 5.41) is 6.86. The zero-order chi connectivity index (χ0) is 17.6. The number of thioether (sulfide) groups is 1. The van der Waals surface area contributed by atoms with Gasteiger partial charge in [-0.05, 0) is 19.4 Å². The van der Waals surface area contributed by atoms with E-state index in [-0.39, 0.29) is 16.5 Å². The van der Waals surface area contributed by atoms with E-state index in [1.165, 1.54) is 11.3 Å². The molecule has 0 aliphatic carbocycles. The molecule has 3 heterocycles. The van der Waals surface area contributed by atoms with Gasteiger partial charge in [-0.15, -0.1) is 21.5 Å². The number of H-pyrrole nitrogens is 1. The number of rotatable bonds is 3. The Bertz CT molecular complexity index is 974. The molecule has 3 aromatic rings. The third-order valence-electron chi connectivity index (χ3n) is 3.34. The van der Waals surface area contributed by atoms with Crippen molar-refractivity contribution < 1.29 is 13.2 Å². The van der Waals surface area contributed by atoms with E-state index < -0.39 is 12.0 Å². The molecule has 0 aliphatic heterocycles. The van der Waals surface area contributed by atoms with Crippen LogP contribution in [0.25, 0.3) is 10.2 Å². The number of aryl methyl sites for hydroxylation is 2. The van der Waals surface area contributed by atoms with Crippen LogP contribution in [0.15, 0.2) is 9.95 Å². The first kappa shape index (κ1) is 16.8. The molecule has 0 aliphatic rings. The van der Waals surface area contributed by atoms with Gasteiger partial charge in [0.25, 0.3) is 11.4 Å². The van der Waals surface area contributed by atoms with E-state index in [0.717, 1.165) is 22.2 Å². The second-order valence-corrected chi connectivity index (χ2v) is 7.08. The van der Waals surface area contributed by atoms with Crippen molar-refractivity contribution in [3.63, 3.8) is 0 Å². The van der Waals surface area contributed by atoms with Crippen molar-refractivity contribution in [2.24, 2.45) is 0 Å². The molecule has 0 saturated carbocycles. The molecular weight excluding hydrogens is 365 g/mol. The van der Waals surface area contributed by atoms with Gasteiger partial charge in [0.2, 0.25) is 5.16 Å². The van der Waals surface area contributed by atoms with Gasteiger partial charge in [0.15, 0.2) is 0 Å². The van der Waals surface area contributed by atoms with Crippen molar-refractivity contribution in [3.05, 3.63) is 32.4 Å². The number of nitrogens with one attached hydrogen (secondary N) is 1. The van der Waals surface area contributed by atoms with Crippen LogP contribution in [0.3, 0.4) is 0 Å². The number of thiophene rings is 1. The summed E-state index contributed by atoms with van der Waals surface area (Å²) in [5.41, 5.74) is 0.599. The number of aromatic amines is 1. The smallest absolute Gasteiger partial charge is 0.335 e. The van der Waals surface area contributed by atoms with Crippen LogP contribution in [0.5, 0.6) is 0 Å². The average Bonchev–Trinajstić information content (AvgIpc) is 2.97. The lowest BCUT2D eigenvalue weighted by Crippen LogP contribution is -2.21. The molecule has 0 radical (unpaired) electrons. The summed E-state index contributed by atoms with van der Waals surface area (Å²) in [5.74, 6) is 4.51. The lowest BCUT2D eigenvalue weighted by molar-refractivity contribution is -0.146. The normalized spacial score (nSPS) is 12.2. The number of hydrogen-bond donors (Lipinski definition) is 2. The zero-order valence-electron chi connectivity index (χ0n) is 12.4. The molecule has 0 saturated heterocycles. The van der Waals surface area contributed by atoms with E-state index >= 15 is 0 Å². The molecule has 3 N–H and O–H groups in total. The van der Waals surface area contributed by atoms with Crippen LogP contribution >= 0.6 is 23.1 Å². The predicted octanol–water partition coefficient (Wildman–Crippen LogP) is 2.22. The minimum absolute atomic E-state index is 0.106. The van der Waals surface area contributed by atoms with E-state index in [4.69, 9.17) is 5.84 Å². The number of nitrogens with two attached hydrogens (primary N) is 1. The predicted molar refractivity (Wildman–Crippen MR) is 84.5 cm³/mol. The van der Waals surface area contributed by atoms with Crippen LogP contribution in [0.4, 0.5) is 13.2 Å². The maximum atomic E-state index is 12.6. The second kappa shape index (κ2) is 5.77. The average molecular weight is 376 g/mol. The molecule has 0 fully saturated rings. The Labute approximate surface area is 141 Å². The first-order chi connectivity index (χ1) is 11.2. The molecule has 0 amide bonds. The van der Waals surface area contributed by atoms with Gasteiger partial charge < -0.3 is 10.8 Å². The summed E-state index contributed by atoms with van der Waals surface area (Å²) in [7, 11) is 0. The fraction of sp³-hybridized carbons (Fsp3) is 0.333. The number of hydrogen-bond acceptors (Lipinski definition) is 7. The highest BCUT2D eigenvalue weighted by molar-refractivity contribution is 7.98. The highest BCUT2D eigenvalue weighted by Gasteiger charge is 2.38. The fourth-order valence-electron chi connectivity index (χ4n) is 2.07. The van der Waals surface area contributed by atoms with Crippen molar-refractivity contribution in [2.45, 2.75) is 30.9 Å². The fourth-order valence-corrected chi connectivity index (χ4v) is 3.84. The molecule has 0 aromatic carbocycles. The van der Waals surface area contributed by atoms with Gasteiger partial charge in [-0.3, -0.25) is 4.79 Å². The zero-order valence-corrected chi connectivity index (χ0v) is 14.1. The van der Waals surface area contributed by atoms with Crippen molar-refractivity contribution in [2.75, 3.05) is 5.84 Å². The van der Waals surface area contributed by atoms with Gasteiger partial charge in [-0.2, -0.15) is 13.2 Å². The molecule has 7 nitrogen and oxygen atoms in total. The van der Waals surface area contributed by atoms with E-state index in [9.17, 15) is 18.0 Å². The Morgan fingerprint density at radius 3 is 2.67 bits per heavy atom. The minimum atomic E-state index is -4.68. The number of nitrogens with zero attached hydrogens (tertiary/aromatic N) is 4. The van der Waals surface area contributed by atoms with E-state index in [0.29, 0.717) is 20.7 Å². The molecule has 3 aromatic heterocycles. The Morgan fingerprint density at radius 2 is 2.04 bits per heavy atom. The maximum absolute atomic E-state index is 12.6. The van der Waals surface area contributed by atoms with Crippen molar-refractivity contribution >= 4 is 33.3 Å². The van der Waals surface area contributed by atoms with Gasteiger partial charge in [-0.1, -0.05) is 11.8 Å². The quantitative estimate of drug-likeness (QED) is 0.537. The second-order valence-electron chi connectivity index (χ2n) is 4.94. The third-order valence-corrected chi connectivity index (χ3v) is 5.40. The van der Waals surface area contributed by atoms with Crippen molar-refractivity contribution in [3.8, 4) is 0 Å². The Morgan fingerprint density at radius 1 is 1.33 bits per heavy atom. The van der Waals surface area contributed by atoms with Crippen molar-refractivity contribution in [1.82, 2.24) is 24.8 Å². The first-order valence-corrected chi connectivity index (χ1v) is 8.38. The minimum Gasteiger partial charge on any atom is -0.335 e. The van der Waals surface area contributed by atoms with Gasteiger partial charge >= 0.3 is 6.18 Å². The van der Waals surface area contributed by atoms with Crippen LogP contribution in [-0.4, -0.2) is 24.8 Å². The Hall–Kier alpha value is -2.08. The van der Waals surface area contributed by atoms with E-state index in [2.05, 4.69) is 20.2 Å². The van der Waals surface area contributed by atoms with Gasteiger partial charge in [0, 0.05) is 4.88 Å². The molecule has 12 heteroatoms. The molecular formula is C12H11F3N6OS2. The number of aromatic nitrogens is 5. The Balaban J connectivity index is 1.87. The number of fused-ring (bicyclic) bond motifs is 1. The maximum Gasteiger partial charge on any atom is 0.453 e. The van der Waals surface area contributed by atoms with Crippen molar-refractivity contribution in [1.29, 1.82) is 0 Å². The summed E-state index contributed by atoms with van der Waals surface area (Å²) in [6, 6.07) is 0. The van der Waals surface area contributed by atoms with Crippen LogP contribution in [0.2, 0.25) is 0 Å². The van der Waals surface area contributed by atoms with Gasteiger partial charge in [-0.25, -0.2) is 9.66 Å². The molecule has 128 valence electrons. The first-order valence-electron chi connectivity index (χ1n) is 6.58. The third kappa shape index (κ3) is 2.86.